The highest BCUT2D eigenvalue weighted by Crippen LogP contribution is 2.38. The van der Waals surface area contributed by atoms with Crippen molar-refractivity contribution in [3.63, 3.8) is 0 Å². The number of aliphatic imine (C=N–C) groups is 1. The highest BCUT2D eigenvalue weighted by molar-refractivity contribution is 8.00. The van der Waals surface area contributed by atoms with Crippen molar-refractivity contribution >= 4 is 52.8 Å². The quantitative estimate of drug-likeness (QED) is 0.387. The molecule has 1 aliphatic rings. The maximum Gasteiger partial charge on any atom is 0.329 e. The average Bonchev–Trinajstić information content (AvgIpc) is 3.28. The molecule has 6 nitrogen and oxygen atoms in total. The molecule has 1 saturated heterocycles. The van der Waals surface area contributed by atoms with Crippen LogP contribution in [0, 0.1) is 0 Å². The van der Waals surface area contributed by atoms with Crippen LogP contribution in [-0.2, 0) is 4.79 Å². The molecule has 1 aliphatic heterocycles. The minimum Gasteiger partial charge on any atom is -0.321 e. The van der Waals surface area contributed by atoms with Crippen molar-refractivity contribution in [2.24, 2.45) is 4.99 Å². The van der Waals surface area contributed by atoms with Gasteiger partial charge in [0, 0.05) is 6.21 Å². The number of nitrogens with zero attached hydrogens (tertiary/aromatic N) is 3. The fourth-order valence-electron chi connectivity index (χ4n) is 2.81. The van der Waals surface area contributed by atoms with Gasteiger partial charge in [-0.15, -0.1) is 11.3 Å². The van der Waals surface area contributed by atoms with Gasteiger partial charge in [0.2, 0.25) is 0 Å². The number of aromatic nitrogens is 1. The lowest BCUT2D eigenvalue weighted by atomic mass is 10.2. The van der Waals surface area contributed by atoms with Gasteiger partial charge in [0.1, 0.15) is 6.04 Å². The summed E-state index contributed by atoms with van der Waals surface area (Å²) in [7, 11) is 0. The minimum absolute atomic E-state index is 0.360. The van der Waals surface area contributed by atoms with E-state index in [4.69, 9.17) is 0 Å². The summed E-state index contributed by atoms with van der Waals surface area (Å²) in [6, 6.07) is 17.4. The fraction of sp³-hybridized carbons (Fsp3) is 0.100. The fourth-order valence-corrected chi connectivity index (χ4v) is 4.32. The molecule has 2 aromatic carbocycles. The highest BCUT2D eigenvalue weighted by atomic mass is 32.2. The Morgan fingerprint density at radius 2 is 1.79 bits per heavy atom. The van der Waals surface area contributed by atoms with Gasteiger partial charge in [-0.25, -0.2) is 19.7 Å². The van der Waals surface area contributed by atoms with Crippen LogP contribution >= 0.6 is 23.1 Å². The second-order valence-electron chi connectivity index (χ2n) is 5.92. The lowest BCUT2D eigenvalue weighted by Crippen LogP contribution is -2.31. The van der Waals surface area contributed by atoms with E-state index < -0.39 is 12.1 Å². The van der Waals surface area contributed by atoms with Crippen molar-refractivity contribution < 1.29 is 9.59 Å². The number of imide groups is 1. The SMILES string of the molecule is CSc1nc(N=CC2NC(=O)N(c3ccccc3)C2=O)c(-c2ccccc2)s1. The molecule has 140 valence electrons. The first-order valence-electron chi connectivity index (χ1n) is 8.51. The molecule has 1 atom stereocenters. The summed E-state index contributed by atoms with van der Waals surface area (Å²) in [5.41, 5.74) is 1.55. The zero-order valence-corrected chi connectivity index (χ0v) is 16.5. The summed E-state index contributed by atoms with van der Waals surface area (Å²) in [4.78, 5) is 36.0. The number of carbonyl (C=O) groups excluding carboxylic acids is 2. The van der Waals surface area contributed by atoms with Crippen LogP contribution < -0.4 is 10.2 Å². The van der Waals surface area contributed by atoms with Crippen molar-refractivity contribution in [3.05, 3.63) is 60.7 Å². The molecule has 1 fully saturated rings. The Bertz CT molecular complexity index is 1030. The molecule has 3 amide bonds. The van der Waals surface area contributed by atoms with Crippen LogP contribution in [0.4, 0.5) is 16.3 Å². The number of carbonyl (C=O) groups is 2. The van der Waals surface area contributed by atoms with Crippen LogP contribution in [0.15, 0.2) is 70.0 Å². The molecule has 1 N–H and O–H groups in total. The molecule has 1 unspecified atom stereocenters. The third-order valence-electron chi connectivity index (χ3n) is 4.13. The number of nitrogens with one attached hydrogen (secondary N) is 1. The molecule has 1 aromatic heterocycles. The normalized spacial score (nSPS) is 16.8. The highest BCUT2D eigenvalue weighted by Gasteiger charge is 2.38. The zero-order chi connectivity index (χ0) is 19.5. The minimum atomic E-state index is -0.823. The van der Waals surface area contributed by atoms with E-state index in [9.17, 15) is 9.59 Å². The van der Waals surface area contributed by atoms with Gasteiger partial charge in [-0.2, -0.15) is 0 Å². The van der Waals surface area contributed by atoms with Gasteiger partial charge in [-0.1, -0.05) is 60.3 Å². The molecule has 0 aliphatic carbocycles. The summed E-state index contributed by atoms with van der Waals surface area (Å²) in [5, 5.41) is 2.66. The van der Waals surface area contributed by atoms with Crippen molar-refractivity contribution in [1.82, 2.24) is 10.3 Å². The molecule has 8 heteroatoms. The van der Waals surface area contributed by atoms with E-state index in [1.54, 1.807) is 47.4 Å². The maximum atomic E-state index is 12.7. The van der Waals surface area contributed by atoms with Crippen molar-refractivity contribution in [2.75, 3.05) is 11.2 Å². The van der Waals surface area contributed by atoms with Crippen LogP contribution in [0.2, 0.25) is 0 Å². The standard InChI is InChI=1S/C20H16N4O2S2/c1-27-20-23-17(16(28-20)13-8-4-2-5-9-13)21-12-15-18(25)24(19(26)22-15)14-10-6-3-7-11-14/h2-12,15H,1H3,(H,22,26). The Hall–Kier alpha value is -2.97. The zero-order valence-electron chi connectivity index (χ0n) is 14.9. The second-order valence-corrected chi connectivity index (χ2v) is 7.97. The van der Waals surface area contributed by atoms with Gasteiger partial charge in [0.15, 0.2) is 10.2 Å². The number of anilines is 1. The number of hydrogen-bond acceptors (Lipinski definition) is 6. The molecule has 28 heavy (non-hydrogen) atoms. The Balaban J connectivity index is 1.61. The first kappa shape index (κ1) is 18.4. The van der Waals surface area contributed by atoms with E-state index in [1.807, 2.05) is 42.7 Å². The predicted octanol–water partition coefficient (Wildman–Crippen LogP) is 4.36. The molecule has 0 radical (unpaired) electrons. The number of thiazole rings is 1. The van der Waals surface area contributed by atoms with Gasteiger partial charge in [0.05, 0.1) is 10.6 Å². The number of amides is 3. The Morgan fingerprint density at radius 1 is 1.11 bits per heavy atom. The van der Waals surface area contributed by atoms with E-state index in [0.717, 1.165) is 19.7 Å². The van der Waals surface area contributed by atoms with Crippen molar-refractivity contribution in [3.8, 4) is 10.4 Å². The smallest absolute Gasteiger partial charge is 0.321 e. The maximum absolute atomic E-state index is 12.7. The molecular weight excluding hydrogens is 392 g/mol. The molecular formula is C20H16N4O2S2. The molecule has 3 aromatic rings. The molecule has 0 spiro atoms. The van der Waals surface area contributed by atoms with Gasteiger partial charge >= 0.3 is 6.03 Å². The average molecular weight is 409 g/mol. The van der Waals surface area contributed by atoms with Gasteiger partial charge in [-0.05, 0) is 24.0 Å². The summed E-state index contributed by atoms with van der Waals surface area (Å²) in [6.45, 7) is 0. The van der Waals surface area contributed by atoms with Crippen LogP contribution in [0.5, 0.6) is 0 Å². The number of thioether (sulfide) groups is 1. The molecule has 0 saturated carbocycles. The molecule has 0 bridgehead atoms. The van der Waals surface area contributed by atoms with E-state index in [0.29, 0.717) is 11.5 Å². The summed E-state index contributed by atoms with van der Waals surface area (Å²) in [6.07, 6.45) is 3.41. The Morgan fingerprint density at radius 3 is 2.46 bits per heavy atom. The summed E-state index contributed by atoms with van der Waals surface area (Å²) in [5.74, 6) is 0.183. The predicted molar refractivity (Wildman–Crippen MR) is 114 cm³/mol. The van der Waals surface area contributed by atoms with Gasteiger partial charge < -0.3 is 5.32 Å². The van der Waals surface area contributed by atoms with E-state index in [1.165, 1.54) is 6.21 Å². The molecule has 2 heterocycles. The van der Waals surface area contributed by atoms with Crippen LogP contribution in [0.25, 0.3) is 10.4 Å². The van der Waals surface area contributed by atoms with E-state index >= 15 is 0 Å². The lowest BCUT2D eigenvalue weighted by molar-refractivity contribution is -0.116. The number of hydrogen-bond donors (Lipinski definition) is 1. The Labute approximate surface area is 170 Å². The number of rotatable bonds is 5. The third-order valence-corrected chi connectivity index (χ3v) is 6.21. The van der Waals surface area contributed by atoms with Crippen LogP contribution in [0.1, 0.15) is 0 Å². The number of para-hydroxylation sites is 1. The number of urea groups is 1. The first-order valence-corrected chi connectivity index (χ1v) is 10.6. The van der Waals surface area contributed by atoms with Gasteiger partial charge in [0.25, 0.3) is 5.91 Å². The Kier molecular flexibility index (Phi) is 5.23. The van der Waals surface area contributed by atoms with Crippen LogP contribution in [-0.4, -0.2) is 35.4 Å². The lowest BCUT2D eigenvalue weighted by Gasteiger charge is -2.11. The van der Waals surface area contributed by atoms with E-state index in [2.05, 4.69) is 15.3 Å². The number of benzene rings is 2. The largest absolute Gasteiger partial charge is 0.329 e. The summed E-state index contributed by atoms with van der Waals surface area (Å²) < 4.78 is 0.888. The molecule has 4 rings (SSSR count). The van der Waals surface area contributed by atoms with Crippen molar-refractivity contribution in [2.45, 2.75) is 10.4 Å². The van der Waals surface area contributed by atoms with Crippen molar-refractivity contribution in [1.29, 1.82) is 0 Å². The summed E-state index contributed by atoms with van der Waals surface area (Å²) >= 11 is 3.09. The second kappa shape index (κ2) is 7.95. The van der Waals surface area contributed by atoms with E-state index in [-0.39, 0.29) is 5.91 Å². The monoisotopic (exact) mass is 408 g/mol. The van der Waals surface area contributed by atoms with Crippen LogP contribution in [0.3, 0.4) is 0 Å². The van der Waals surface area contributed by atoms with Gasteiger partial charge in [-0.3, -0.25) is 4.79 Å². The first-order chi connectivity index (χ1) is 13.7. The third kappa shape index (κ3) is 3.56. The topological polar surface area (TPSA) is 74.7 Å².